The van der Waals surface area contributed by atoms with Gasteiger partial charge in [-0.25, -0.2) is 4.79 Å². The zero-order chi connectivity index (χ0) is 17.6. The van der Waals surface area contributed by atoms with Crippen LogP contribution in [0.3, 0.4) is 0 Å². The van der Waals surface area contributed by atoms with Crippen LogP contribution in [-0.4, -0.2) is 46.9 Å². The molecule has 2 amide bonds. The number of carboxylic acids is 1. The Morgan fingerprint density at radius 3 is 2.48 bits per heavy atom. The van der Waals surface area contributed by atoms with Crippen LogP contribution in [0, 0.1) is 11.8 Å². The summed E-state index contributed by atoms with van der Waals surface area (Å²) in [5, 5.41) is 9.61. The summed E-state index contributed by atoms with van der Waals surface area (Å²) in [5.41, 5.74) is 1.29. The highest BCUT2D eigenvalue weighted by molar-refractivity contribution is 5.99. The zero-order valence-corrected chi connectivity index (χ0v) is 14.1. The topological polar surface area (TPSA) is 77.9 Å². The molecular weight excluding hydrogens is 320 g/mol. The second-order valence-corrected chi connectivity index (χ2v) is 7.29. The van der Waals surface area contributed by atoms with Crippen LogP contribution in [0.2, 0.25) is 0 Å². The predicted octanol–water partition coefficient (Wildman–Crippen LogP) is 2.14. The Bertz CT molecular complexity index is 715. The van der Waals surface area contributed by atoms with E-state index in [1.165, 1.54) is 4.90 Å². The lowest BCUT2D eigenvalue weighted by Gasteiger charge is -2.24. The summed E-state index contributed by atoms with van der Waals surface area (Å²) >= 11 is 0. The van der Waals surface area contributed by atoms with Crippen molar-refractivity contribution in [1.82, 2.24) is 4.90 Å². The Morgan fingerprint density at radius 2 is 1.84 bits per heavy atom. The SMILES string of the molecule is O=C(O)[C@@H]1[C@H]2CCC[C@H]2CN1C(=O)c1ccc(N2CCCC2=O)cc1. The molecule has 4 rings (SSSR count). The molecule has 0 aromatic heterocycles. The Morgan fingerprint density at radius 1 is 1.08 bits per heavy atom. The molecule has 3 atom stereocenters. The van der Waals surface area contributed by atoms with Crippen molar-refractivity contribution in [2.45, 2.75) is 38.1 Å². The van der Waals surface area contributed by atoms with Gasteiger partial charge < -0.3 is 14.9 Å². The maximum absolute atomic E-state index is 12.9. The highest BCUT2D eigenvalue weighted by Gasteiger charge is 2.49. The molecular formula is C19H22N2O4. The lowest BCUT2D eigenvalue weighted by atomic mass is 9.94. The normalized spacial score (nSPS) is 28.5. The van der Waals surface area contributed by atoms with Gasteiger partial charge in [-0.15, -0.1) is 0 Å². The van der Waals surface area contributed by atoms with Crippen molar-refractivity contribution in [3.63, 3.8) is 0 Å². The van der Waals surface area contributed by atoms with Crippen LogP contribution >= 0.6 is 0 Å². The fourth-order valence-corrected chi connectivity index (χ4v) is 4.70. The quantitative estimate of drug-likeness (QED) is 0.913. The number of carbonyl (C=O) groups excluding carboxylic acids is 2. The first-order valence-corrected chi connectivity index (χ1v) is 9.00. The number of aliphatic carboxylic acids is 1. The average molecular weight is 342 g/mol. The second-order valence-electron chi connectivity index (χ2n) is 7.29. The Kier molecular flexibility index (Phi) is 3.98. The van der Waals surface area contributed by atoms with E-state index in [0.29, 0.717) is 31.0 Å². The predicted molar refractivity (Wildman–Crippen MR) is 91.3 cm³/mol. The second kappa shape index (κ2) is 6.17. The first-order chi connectivity index (χ1) is 12.1. The van der Waals surface area contributed by atoms with Gasteiger partial charge in [-0.3, -0.25) is 9.59 Å². The summed E-state index contributed by atoms with van der Waals surface area (Å²) in [4.78, 5) is 39.7. The molecule has 1 aromatic carbocycles. The summed E-state index contributed by atoms with van der Waals surface area (Å²) in [6, 6.07) is 6.26. The van der Waals surface area contributed by atoms with Gasteiger partial charge in [-0.2, -0.15) is 0 Å². The average Bonchev–Trinajstić information content (AvgIpc) is 3.29. The highest BCUT2D eigenvalue weighted by Crippen LogP contribution is 2.42. The smallest absolute Gasteiger partial charge is 0.326 e. The van der Waals surface area contributed by atoms with Crippen LogP contribution in [-0.2, 0) is 9.59 Å². The Hall–Kier alpha value is -2.37. The van der Waals surface area contributed by atoms with Crippen LogP contribution < -0.4 is 4.90 Å². The lowest BCUT2D eigenvalue weighted by Crippen LogP contribution is -2.43. The maximum Gasteiger partial charge on any atom is 0.326 e. The first-order valence-electron chi connectivity index (χ1n) is 9.00. The number of rotatable bonds is 3. The molecule has 0 radical (unpaired) electrons. The van der Waals surface area contributed by atoms with Crippen molar-refractivity contribution in [1.29, 1.82) is 0 Å². The third-order valence-electron chi connectivity index (χ3n) is 5.90. The third-order valence-corrected chi connectivity index (χ3v) is 5.90. The zero-order valence-electron chi connectivity index (χ0n) is 14.1. The number of carboxylic acid groups (broad SMARTS) is 1. The lowest BCUT2D eigenvalue weighted by molar-refractivity contribution is -0.142. The summed E-state index contributed by atoms with van der Waals surface area (Å²) in [6.45, 7) is 1.25. The van der Waals surface area contributed by atoms with Gasteiger partial charge in [0.15, 0.2) is 0 Å². The minimum Gasteiger partial charge on any atom is -0.480 e. The van der Waals surface area contributed by atoms with Crippen LogP contribution in [0.5, 0.6) is 0 Å². The first kappa shape index (κ1) is 16.1. The van der Waals surface area contributed by atoms with Crippen LogP contribution in [0.25, 0.3) is 0 Å². The molecule has 132 valence electrons. The number of hydrogen-bond donors (Lipinski definition) is 1. The number of nitrogens with zero attached hydrogens (tertiary/aromatic N) is 2. The summed E-state index contributed by atoms with van der Waals surface area (Å²) in [7, 11) is 0. The monoisotopic (exact) mass is 342 g/mol. The molecule has 2 saturated heterocycles. The van der Waals surface area contributed by atoms with E-state index in [2.05, 4.69) is 0 Å². The molecule has 0 bridgehead atoms. The fraction of sp³-hybridized carbons (Fsp3) is 0.526. The minimum atomic E-state index is -0.901. The number of carbonyl (C=O) groups is 3. The van der Waals surface area contributed by atoms with Gasteiger partial charge in [-0.05, 0) is 55.4 Å². The van der Waals surface area contributed by atoms with Crippen LogP contribution in [0.15, 0.2) is 24.3 Å². The molecule has 3 fully saturated rings. The molecule has 1 aromatic rings. The molecule has 2 aliphatic heterocycles. The Balaban J connectivity index is 1.54. The number of anilines is 1. The van der Waals surface area contributed by atoms with E-state index >= 15 is 0 Å². The molecule has 6 heteroatoms. The molecule has 1 saturated carbocycles. The van der Waals surface area contributed by atoms with Gasteiger partial charge in [-0.1, -0.05) is 6.42 Å². The van der Waals surface area contributed by atoms with Crippen LogP contribution in [0.1, 0.15) is 42.5 Å². The Labute approximate surface area is 146 Å². The fourth-order valence-electron chi connectivity index (χ4n) is 4.70. The van der Waals surface area contributed by atoms with Crippen molar-refractivity contribution < 1.29 is 19.5 Å². The van der Waals surface area contributed by atoms with Crippen molar-refractivity contribution >= 4 is 23.5 Å². The van der Waals surface area contributed by atoms with Gasteiger partial charge >= 0.3 is 5.97 Å². The highest BCUT2D eigenvalue weighted by atomic mass is 16.4. The standard InChI is InChI=1S/C19H22N2O4/c22-16-5-2-10-20(16)14-8-6-12(7-9-14)18(23)21-11-13-3-1-4-15(13)17(21)19(24)25/h6-9,13,15,17H,1-5,10-11H2,(H,24,25)/t13-,15-,17-/m0/s1. The molecule has 3 aliphatic rings. The van der Waals surface area contributed by atoms with Gasteiger partial charge in [0.2, 0.25) is 5.91 Å². The van der Waals surface area contributed by atoms with E-state index in [-0.39, 0.29) is 17.7 Å². The van der Waals surface area contributed by atoms with Gasteiger partial charge in [0.1, 0.15) is 6.04 Å². The van der Waals surface area contributed by atoms with Crippen molar-refractivity contribution in [2.24, 2.45) is 11.8 Å². The number of benzene rings is 1. The van der Waals surface area contributed by atoms with Crippen LogP contribution in [0.4, 0.5) is 5.69 Å². The van der Waals surface area contributed by atoms with Gasteiger partial charge in [0, 0.05) is 30.8 Å². The van der Waals surface area contributed by atoms with Gasteiger partial charge in [0.05, 0.1) is 0 Å². The molecule has 0 unspecified atom stereocenters. The van der Waals surface area contributed by atoms with Crippen molar-refractivity contribution in [3.8, 4) is 0 Å². The number of likely N-dealkylation sites (tertiary alicyclic amines) is 1. The van der Waals surface area contributed by atoms with Crippen molar-refractivity contribution in [3.05, 3.63) is 29.8 Å². The third kappa shape index (κ3) is 2.69. The maximum atomic E-state index is 12.9. The molecule has 2 heterocycles. The summed E-state index contributed by atoms with van der Waals surface area (Å²) in [6.07, 6.45) is 4.38. The van der Waals surface area contributed by atoms with E-state index in [9.17, 15) is 19.5 Å². The number of amides is 2. The number of fused-ring (bicyclic) bond motifs is 1. The summed E-state index contributed by atoms with van der Waals surface area (Å²) < 4.78 is 0. The molecule has 0 spiro atoms. The van der Waals surface area contributed by atoms with E-state index < -0.39 is 12.0 Å². The van der Waals surface area contributed by atoms with E-state index in [1.54, 1.807) is 29.2 Å². The van der Waals surface area contributed by atoms with E-state index in [4.69, 9.17) is 0 Å². The summed E-state index contributed by atoms with van der Waals surface area (Å²) in [5.74, 6) is -0.616. The van der Waals surface area contributed by atoms with E-state index in [0.717, 1.165) is 31.4 Å². The molecule has 1 aliphatic carbocycles. The number of hydrogen-bond acceptors (Lipinski definition) is 3. The van der Waals surface area contributed by atoms with Gasteiger partial charge in [0.25, 0.3) is 5.91 Å². The van der Waals surface area contributed by atoms with Crippen molar-refractivity contribution in [2.75, 3.05) is 18.0 Å². The molecule has 1 N–H and O–H groups in total. The van der Waals surface area contributed by atoms with E-state index in [1.807, 2.05) is 0 Å². The largest absolute Gasteiger partial charge is 0.480 e. The molecule has 6 nitrogen and oxygen atoms in total. The minimum absolute atomic E-state index is 0.0861. The molecule has 25 heavy (non-hydrogen) atoms.